The number of carbonyl (C=O) groups excluding carboxylic acids is 2. The van der Waals surface area contributed by atoms with Gasteiger partial charge in [0.2, 0.25) is 0 Å². The lowest BCUT2D eigenvalue weighted by molar-refractivity contribution is -0.137. The highest BCUT2D eigenvalue weighted by Crippen LogP contribution is 2.40. The van der Waals surface area contributed by atoms with E-state index in [4.69, 9.17) is 21.1 Å². The average molecular weight is 285 g/mol. The monoisotopic (exact) mass is 284 g/mol. The Labute approximate surface area is 115 Å². The summed E-state index contributed by atoms with van der Waals surface area (Å²) in [4.78, 5) is 23.4. The summed E-state index contributed by atoms with van der Waals surface area (Å²) < 4.78 is 15.5. The second-order valence-electron chi connectivity index (χ2n) is 3.94. The van der Waals surface area contributed by atoms with Gasteiger partial charge in [-0.1, -0.05) is 11.6 Å². The van der Waals surface area contributed by atoms with Gasteiger partial charge in [-0.25, -0.2) is 4.79 Å². The maximum atomic E-state index is 11.9. The Balaban J connectivity index is 2.44. The van der Waals surface area contributed by atoms with Gasteiger partial charge in [-0.3, -0.25) is 4.79 Å². The van der Waals surface area contributed by atoms with Crippen molar-refractivity contribution in [1.29, 1.82) is 0 Å². The normalized spacial score (nSPS) is 13.0. The maximum absolute atomic E-state index is 11.9. The number of benzene rings is 1. The van der Waals surface area contributed by atoms with Gasteiger partial charge in [-0.05, 0) is 19.9 Å². The molecule has 0 aromatic heterocycles. The number of fused-ring (bicyclic) bond motifs is 1. The Bertz CT molecular complexity index is 538. The fraction of sp³-hybridized carbons (Fsp3) is 0.385. The van der Waals surface area contributed by atoms with Crippen molar-refractivity contribution in [1.82, 2.24) is 0 Å². The second kappa shape index (κ2) is 5.48. The maximum Gasteiger partial charge on any atom is 0.379 e. The quantitative estimate of drug-likeness (QED) is 0.483. The molecule has 0 bridgehead atoms. The van der Waals surface area contributed by atoms with Gasteiger partial charge in [-0.15, -0.1) is 0 Å². The third-order valence-electron chi connectivity index (χ3n) is 2.70. The Kier molecular flexibility index (Phi) is 3.95. The first kappa shape index (κ1) is 13.7. The van der Waals surface area contributed by atoms with Crippen LogP contribution in [0.5, 0.6) is 11.5 Å². The predicted octanol–water partition coefficient (Wildman–Crippen LogP) is 2.17. The van der Waals surface area contributed by atoms with Gasteiger partial charge in [0.25, 0.3) is 5.78 Å². The van der Waals surface area contributed by atoms with Crippen LogP contribution in [0.3, 0.4) is 0 Å². The van der Waals surface area contributed by atoms with Crippen LogP contribution in [-0.4, -0.2) is 31.6 Å². The van der Waals surface area contributed by atoms with Crippen LogP contribution in [-0.2, 0) is 9.53 Å². The fourth-order valence-electron chi connectivity index (χ4n) is 1.80. The van der Waals surface area contributed by atoms with Crippen molar-refractivity contribution in [3.8, 4) is 11.5 Å². The van der Waals surface area contributed by atoms with Gasteiger partial charge in [0.05, 0.1) is 17.2 Å². The number of Topliss-reactive ketones (excluding diaryl/α,β-unsaturated/α-hetero) is 1. The zero-order valence-corrected chi connectivity index (χ0v) is 11.4. The highest BCUT2D eigenvalue weighted by Gasteiger charge is 2.26. The molecule has 0 radical (unpaired) electrons. The van der Waals surface area contributed by atoms with Crippen LogP contribution in [0.4, 0.5) is 0 Å². The molecule has 1 aromatic rings. The summed E-state index contributed by atoms with van der Waals surface area (Å²) in [5, 5.41) is 0.183. The van der Waals surface area contributed by atoms with Gasteiger partial charge >= 0.3 is 5.97 Å². The molecule has 0 aliphatic carbocycles. The Morgan fingerprint density at radius 3 is 2.74 bits per heavy atom. The van der Waals surface area contributed by atoms with Crippen LogP contribution in [0.2, 0.25) is 5.02 Å². The first-order valence-electron chi connectivity index (χ1n) is 5.86. The van der Waals surface area contributed by atoms with Crippen LogP contribution >= 0.6 is 11.6 Å². The first-order chi connectivity index (χ1) is 9.06. The summed E-state index contributed by atoms with van der Waals surface area (Å²) in [5.41, 5.74) is 0.647. The summed E-state index contributed by atoms with van der Waals surface area (Å²) in [6.07, 6.45) is 0. The van der Waals surface area contributed by atoms with E-state index in [-0.39, 0.29) is 17.2 Å². The van der Waals surface area contributed by atoms with E-state index in [1.165, 1.54) is 6.07 Å². The molecule has 19 heavy (non-hydrogen) atoms. The number of carbonyl (C=O) groups is 2. The molecule has 0 fully saturated rings. The van der Waals surface area contributed by atoms with E-state index in [0.29, 0.717) is 30.3 Å². The van der Waals surface area contributed by atoms with Crippen molar-refractivity contribution in [3.63, 3.8) is 0 Å². The molecule has 0 saturated carbocycles. The summed E-state index contributed by atoms with van der Waals surface area (Å²) in [6.45, 7) is 4.28. The molecule has 102 valence electrons. The fourth-order valence-corrected chi connectivity index (χ4v) is 2.03. The molecule has 0 spiro atoms. The largest absolute Gasteiger partial charge is 0.486 e. The molecule has 0 unspecified atom stereocenters. The third kappa shape index (κ3) is 2.51. The predicted molar refractivity (Wildman–Crippen MR) is 68.1 cm³/mol. The number of esters is 1. The van der Waals surface area contributed by atoms with E-state index in [1.54, 1.807) is 13.8 Å². The lowest BCUT2D eigenvalue weighted by atomic mass is 10.1. The Morgan fingerprint density at radius 1 is 1.37 bits per heavy atom. The summed E-state index contributed by atoms with van der Waals surface area (Å²) in [6, 6.07) is 1.42. The molecule has 1 aliphatic heterocycles. The lowest BCUT2D eigenvalue weighted by Gasteiger charge is -2.21. The summed E-state index contributed by atoms with van der Waals surface area (Å²) >= 11 is 6.11. The van der Waals surface area contributed by atoms with Crippen LogP contribution in [0, 0.1) is 6.92 Å². The Morgan fingerprint density at radius 2 is 2.05 bits per heavy atom. The molecule has 1 aliphatic rings. The minimum Gasteiger partial charge on any atom is -0.486 e. The minimum absolute atomic E-state index is 0.0712. The zero-order chi connectivity index (χ0) is 14.0. The van der Waals surface area contributed by atoms with E-state index in [0.717, 1.165) is 0 Å². The number of ketones is 1. The van der Waals surface area contributed by atoms with Crippen molar-refractivity contribution in [2.75, 3.05) is 19.8 Å². The smallest absolute Gasteiger partial charge is 0.379 e. The molecule has 5 nitrogen and oxygen atoms in total. The van der Waals surface area contributed by atoms with Crippen molar-refractivity contribution in [2.45, 2.75) is 13.8 Å². The standard InChI is InChI=1S/C13H13ClO5/c1-3-17-13(16)11(15)8-6-9-12(7(2)10(8)14)19-5-4-18-9/h6H,3-5H2,1-2H3. The summed E-state index contributed by atoms with van der Waals surface area (Å²) in [5.74, 6) is -0.787. The zero-order valence-electron chi connectivity index (χ0n) is 10.6. The van der Waals surface area contributed by atoms with Gasteiger partial charge in [0.15, 0.2) is 11.5 Å². The van der Waals surface area contributed by atoms with Crippen LogP contribution < -0.4 is 9.47 Å². The molecule has 2 rings (SSSR count). The van der Waals surface area contributed by atoms with Gasteiger partial charge in [0.1, 0.15) is 13.2 Å². The van der Waals surface area contributed by atoms with Gasteiger partial charge < -0.3 is 14.2 Å². The van der Waals surface area contributed by atoms with Gasteiger partial charge in [0, 0.05) is 5.56 Å². The Hall–Kier alpha value is -1.75. The second-order valence-corrected chi connectivity index (χ2v) is 4.31. The van der Waals surface area contributed by atoms with Crippen molar-refractivity contribution in [3.05, 3.63) is 22.2 Å². The first-order valence-corrected chi connectivity index (χ1v) is 6.24. The molecular weight excluding hydrogens is 272 g/mol. The molecule has 1 heterocycles. The molecule has 1 aromatic carbocycles. The van der Waals surface area contributed by atoms with Crippen molar-refractivity contribution >= 4 is 23.4 Å². The number of ether oxygens (including phenoxy) is 3. The molecule has 6 heteroatoms. The van der Waals surface area contributed by atoms with Crippen LogP contribution in [0.1, 0.15) is 22.8 Å². The highest BCUT2D eigenvalue weighted by molar-refractivity contribution is 6.46. The lowest BCUT2D eigenvalue weighted by Crippen LogP contribution is -2.20. The average Bonchev–Trinajstić information content (AvgIpc) is 2.42. The van der Waals surface area contributed by atoms with Crippen molar-refractivity contribution < 1.29 is 23.8 Å². The molecule has 0 saturated heterocycles. The van der Waals surface area contributed by atoms with E-state index >= 15 is 0 Å². The molecular formula is C13H13ClO5. The molecule has 0 atom stereocenters. The van der Waals surface area contributed by atoms with Gasteiger partial charge in [-0.2, -0.15) is 0 Å². The molecule has 0 N–H and O–H groups in total. The number of hydrogen-bond donors (Lipinski definition) is 0. The molecule has 0 amide bonds. The highest BCUT2D eigenvalue weighted by atomic mass is 35.5. The van der Waals surface area contributed by atoms with Crippen molar-refractivity contribution in [2.24, 2.45) is 0 Å². The minimum atomic E-state index is -0.930. The van der Waals surface area contributed by atoms with E-state index in [1.807, 2.05) is 0 Å². The number of hydrogen-bond acceptors (Lipinski definition) is 5. The van der Waals surface area contributed by atoms with E-state index in [9.17, 15) is 9.59 Å². The number of halogens is 1. The van der Waals surface area contributed by atoms with E-state index < -0.39 is 11.8 Å². The SMILES string of the molecule is CCOC(=O)C(=O)c1cc2c(c(C)c1Cl)OCCO2. The summed E-state index contributed by atoms with van der Waals surface area (Å²) in [7, 11) is 0. The van der Waals surface area contributed by atoms with Crippen LogP contribution in [0.25, 0.3) is 0 Å². The van der Waals surface area contributed by atoms with Crippen LogP contribution in [0.15, 0.2) is 6.07 Å². The number of rotatable bonds is 3. The topological polar surface area (TPSA) is 61.8 Å². The van der Waals surface area contributed by atoms with E-state index in [2.05, 4.69) is 4.74 Å². The third-order valence-corrected chi connectivity index (χ3v) is 3.19.